The van der Waals surface area contributed by atoms with E-state index in [-0.39, 0.29) is 11.7 Å². The van der Waals surface area contributed by atoms with Crippen LogP contribution in [0, 0.1) is 13.8 Å². The molecule has 2 aromatic rings. The number of hydrogen-bond donors (Lipinski definition) is 0. The average molecular weight is 263 g/mol. The number of ketones is 1. The molecule has 2 rings (SSSR count). The zero-order valence-electron chi connectivity index (χ0n) is 10.5. The molecule has 0 aliphatic heterocycles. The minimum absolute atomic E-state index is 0.00128. The molecule has 0 radical (unpaired) electrons. The highest BCUT2D eigenvalue weighted by Crippen LogP contribution is 2.16. The first-order chi connectivity index (χ1) is 8.63. The van der Waals surface area contributed by atoms with Crippen molar-refractivity contribution >= 4 is 17.4 Å². The Morgan fingerprint density at radius 1 is 1.28 bits per heavy atom. The van der Waals surface area contributed by atoms with Gasteiger partial charge in [0, 0.05) is 5.69 Å². The quantitative estimate of drug-likeness (QED) is 0.627. The number of aromatic nitrogens is 2. The summed E-state index contributed by atoms with van der Waals surface area (Å²) >= 11 is 5.61. The molecule has 0 atom stereocenters. The van der Waals surface area contributed by atoms with Gasteiger partial charge in [0.2, 0.25) is 0 Å². The number of benzene rings is 1. The van der Waals surface area contributed by atoms with E-state index in [2.05, 4.69) is 5.10 Å². The van der Waals surface area contributed by atoms with Crippen molar-refractivity contribution < 1.29 is 4.79 Å². The lowest BCUT2D eigenvalue weighted by atomic mass is 10.1. The molecular weight excluding hydrogens is 248 g/mol. The predicted octanol–water partition coefficient (Wildman–Crippen LogP) is 2.97. The van der Waals surface area contributed by atoms with Crippen LogP contribution in [0.4, 0.5) is 0 Å². The third-order valence-electron chi connectivity index (χ3n) is 2.96. The van der Waals surface area contributed by atoms with Gasteiger partial charge >= 0.3 is 0 Å². The summed E-state index contributed by atoms with van der Waals surface area (Å²) in [5, 5.41) is 4.41. The normalized spacial score (nSPS) is 10.6. The van der Waals surface area contributed by atoms with E-state index in [4.69, 9.17) is 11.6 Å². The van der Waals surface area contributed by atoms with Gasteiger partial charge in [-0.15, -0.1) is 11.6 Å². The molecule has 0 unspecified atom stereocenters. The lowest BCUT2D eigenvalue weighted by molar-refractivity contribution is 0.102. The minimum Gasteiger partial charge on any atom is -0.293 e. The van der Waals surface area contributed by atoms with E-state index in [0.717, 1.165) is 17.0 Å². The molecule has 0 bridgehead atoms. The van der Waals surface area contributed by atoms with Crippen molar-refractivity contribution in [2.24, 2.45) is 0 Å². The maximum Gasteiger partial charge on any atom is 0.181 e. The van der Waals surface area contributed by atoms with Crippen LogP contribution < -0.4 is 0 Å². The molecule has 0 amide bonds. The Morgan fingerprint density at radius 2 is 1.94 bits per heavy atom. The number of carbonyl (C=O) groups excluding carboxylic acids is 1. The summed E-state index contributed by atoms with van der Waals surface area (Å²) in [5.41, 5.74) is 3.44. The summed E-state index contributed by atoms with van der Waals surface area (Å²) in [6.45, 7) is 4.42. The summed E-state index contributed by atoms with van der Waals surface area (Å²) in [6.07, 6.45) is 0. The van der Waals surface area contributed by atoms with Gasteiger partial charge in [0.1, 0.15) is 0 Å². The third kappa shape index (κ3) is 2.46. The second kappa shape index (κ2) is 5.36. The van der Waals surface area contributed by atoms with E-state index in [1.165, 1.54) is 0 Å². The summed E-state index contributed by atoms with van der Waals surface area (Å²) in [5.74, 6) is -0.0652. The van der Waals surface area contributed by atoms with E-state index in [9.17, 15) is 4.79 Å². The highest BCUT2D eigenvalue weighted by atomic mass is 35.5. The lowest BCUT2D eigenvalue weighted by Gasteiger charge is -2.04. The molecule has 0 saturated carbocycles. The van der Waals surface area contributed by atoms with E-state index in [1.54, 1.807) is 0 Å². The van der Waals surface area contributed by atoms with Gasteiger partial charge in [-0.2, -0.15) is 5.10 Å². The van der Waals surface area contributed by atoms with Crippen LogP contribution >= 0.6 is 11.6 Å². The van der Waals surface area contributed by atoms with E-state index >= 15 is 0 Å². The van der Waals surface area contributed by atoms with Crippen molar-refractivity contribution in [2.75, 3.05) is 5.88 Å². The Hall–Kier alpha value is -1.61. The van der Waals surface area contributed by atoms with Crippen LogP contribution in [0.25, 0.3) is 0 Å². The van der Waals surface area contributed by atoms with Crippen LogP contribution in [0.2, 0.25) is 0 Å². The molecule has 0 aliphatic rings. The zero-order chi connectivity index (χ0) is 13.1. The first-order valence-corrected chi connectivity index (χ1v) is 6.34. The highest BCUT2D eigenvalue weighted by molar-refractivity contribution is 6.30. The van der Waals surface area contributed by atoms with Crippen LogP contribution in [0.3, 0.4) is 0 Å². The number of carbonyl (C=O) groups is 1. The fourth-order valence-corrected chi connectivity index (χ4v) is 2.21. The Kier molecular flexibility index (Phi) is 3.82. The maximum atomic E-state index is 11.7. The third-order valence-corrected chi connectivity index (χ3v) is 3.20. The van der Waals surface area contributed by atoms with Gasteiger partial charge in [0.15, 0.2) is 5.78 Å². The van der Waals surface area contributed by atoms with Gasteiger partial charge in [-0.1, -0.05) is 30.3 Å². The number of rotatable bonds is 4. The van der Waals surface area contributed by atoms with Gasteiger partial charge < -0.3 is 0 Å². The predicted molar refractivity (Wildman–Crippen MR) is 72.3 cm³/mol. The summed E-state index contributed by atoms with van der Waals surface area (Å²) in [6, 6.07) is 10.0. The van der Waals surface area contributed by atoms with Gasteiger partial charge in [-0.25, -0.2) is 0 Å². The molecule has 1 aromatic heterocycles. The number of halogens is 1. The second-order valence-corrected chi connectivity index (χ2v) is 4.51. The number of nitrogens with zero attached hydrogens (tertiary/aromatic N) is 2. The first kappa shape index (κ1) is 12.8. The van der Waals surface area contributed by atoms with E-state index < -0.39 is 0 Å². The summed E-state index contributed by atoms with van der Waals surface area (Å²) < 4.78 is 1.85. The molecule has 1 aromatic carbocycles. The molecule has 0 fully saturated rings. The van der Waals surface area contributed by atoms with Crippen molar-refractivity contribution in [2.45, 2.75) is 20.4 Å². The molecule has 3 nitrogen and oxygen atoms in total. The second-order valence-electron chi connectivity index (χ2n) is 4.25. The number of Topliss-reactive ketones (excluding diaryl/α,β-unsaturated/α-hetero) is 1. The lowest BCUT2D eigenvalue weighted by Crippen LogP contribution is -2.06. The molecule has 18 heavy (non-hydrogen) atoms. The Balaban J connectivity index is 2.33. The number of hydrogen-bond acceptors (Lipinski definition) is 2. The van der Waals surface area contributed by atoms with Crippen molar-refractivity contribution in [3.63, 3.8) is 0 Å². The fraction of sp³-hybridized carbons (Fsp3) is 0.286. The molecule has 4 heteroatoms. The van der Waals surface area contributed by atoms with E-state index in [0.29, 0.717) is 12.1 Å². The molecule has 1 heterocycles. The van der Waals surface area contributed by atoms with E-state index in [1.807, 2.05) is 48.9 Å². The highest BCUT2D eigenvalue weighted by Gasteiger charge is 2.17. The largest absolute Gasteiger partial charge is 0.293 e. The topological polar surface area (TPSA) is 34.9 Å². The summed E-state index contributed by atoms with van der Waals surface area (Å²) in [4.78, 5) is 11.7. The van der Waals surface area contributed by atoms with Crippen LogP contribution in [-0.2, 0) is 6.54 Å². The fourth-order valence-electron chi connectivity index (χ4n) is 2.08. The van der Waals surface area contributed by atoms with Crippen LogP contribution in [-0.4, -0.2) is 21.4 Å². The smallest absolute Gasteiger partial charge is 0.181 e. The first-order valence-electron chi connectivity index (χ1n) is 5.80. The average Bonchev–Trinajstić information content (AvgIpc) is 2.65. The van der Waals surface area contributed by atoms with Gasteiger partial charge in [-0.05, 0) is 19.4 Å². The van der Waals surface area contributed by atoms with Crippen molar-refractivity contribution in [1.29, 1.82) is 0 Å². The standard InChI is InChI=1S/C14H15ClN2O/c1-10-14(13(18)8-15)11(2)17(16-10)9-12-6-4-3-5-7-12/h3-7H,8-9H2,1-2H3. The van der Waals surface area contributed by atoms with Crippen molar-refractivity contribution in [3.8, 4) is 0 Å². The molecule has 0 N–H and O–H groups in total. The summed E-state index contributed by atoms with van der Waals surface area (Å²) in [7, 11) is 0. The number of alkyl halides is 1. The van der Waals surface area contributed by atoms with Crippen molar-refractivity contribution in [1.82, 2.24) is 9.78 Å². The van der Waals surface area contributed by atoms with Crippen molar-refractivity contribution in [3.05, 3.63) is 52.8 Å². The van der Waals surface area contributed by atoms with Gasteiger partial charge in [-0.3, -0.25) is 9.48 Å². The van der Waals surface area contributed by atoms with Crippen LogP contribution in [0.15, 0.2) is 30.3 Å². The van der Waals surface area contributed by atoms with Crippen LogP contribution in [0.5, 0.6) is 0 Å². The SMILES string of the molecule is Cc1nn(Cc2ccccc2)c(C)c1C(=O)CCl. The monoisotopic (exact) mass is 262 g/mol. The number of aryl methyl sites for hydroxylation is 1. The molecule has 94 valence electrons. The Labute approximate surface area is 111 Å². The molecule has 0 spiro atoms. The molecule has 0 saturated heterocycles. The maximum absolute atomic E-state index is 11.7. The van der Waals surface area contributed by atoms with Gasteiger partial charge in [0.05, 0.1) is 23.7 Å². The zero-order valence-corrected chi connectivity index (χ0v) is 11.2. The minimum atomic E-state index is -0.0639. The van der Waals surface area contributed by atoms with Crippen LogP contribution in [0.1, 0.15) is 27.3 Å². The molecule has 0 aliphatic carbocycles. The van der Waals surface area contributed by atoms with Gasteiger partial charge in [0.25, 0.3) is 0 Å². The Bertz CT molecular complexity index is 561. The Morgan fingerprint density at radius 3 is 2.56 bits per heavy atom. The molecular formula is C14H15ClN2O.